The minimum atomic E-state index is -0.968. The Kier molecular flexibility index (Phi) is 7.56. The lowest BCUT2D eigenvalue weighted by atomic mass is 9.98. The van der Waals surface area contributed by atoms with Gasteiger partial charge in [0.05, 0.1) is 13.2 Å². The summed E-state index contributed by atoms with van der Waals surface area (Å²) >= 11 is 0. The number of piperidine rings is 1. The highest BCUT2D eigenvalue weighted by Crippen LogP contribution is 2.36. The average Bonchev–Trinajstić information content (AvgIpc) is 2.84. The van der Waals surface area contributed by atoms with Gasteiger partial charge in [-0.1, -0.05) is 30.3 Å². The molecule has 2 aliphatic rings. The second-order valence-electron chi connectivity index (χ2n) is 6.82. The van der Waals surface area contributed by atoms with Crippen LogP contribution in [0.5, 0.6) is 0 Å². The first-order valence-electron chi connectivity index (χ1n) is 8.96. The van der Waals surface area contributed by atoms with E-state index in [4.69, 9.17) is 9.84 Å². The maximum atomic E-state index is 12.4. The number of hydrogen-bond acceptors (Lipinski definition) is 6. The van der Waals surface area contributed by atoms with Crippen LogP contribution >= 0.6 is 0 Å². The van der Waals surface area contributed by atoms with Crippen molar-refractivity contribution in [1.82, 2.24) is 4.90 Å². The molecule has 0 aliphatic carbocycles. The van der Waals surface area contributed by atoms with Crippen molar-refractivity contribution in [3.05, 3.63) is 35.9 Å². The molecule has 1 aromatic carbocycles. The topological polar surface area (TPSA) is 113 Å². The first kappa shape index (κ1) is 20.4. The monoisotopic (exact) mass is 364 g/mol. The smallest absolute Gasteiger partial charge is 0.317 e. The van der Waals surface area contributed by atoms with Gasteiger partial charge < -0.3 is 25.6 Å². The summed E-state index contributed by atoms with van der Waals surface area (Å²) in [7, 11) is 2.17. The van der Waals surface area contributed by atoms with Crippen molar-refractivity contribution in [2.75, 3.05) is 20.2 Å². The molecule has 0 spiro atoms. The van der Waals surface area contributed by atoms with Crippen LogP contribution in [0, 0.1) is 0 Å². The van der Waals surface area contributed by atoms with Crippen molar-refractivity contribution in [3.8, 4) is 0 Å². The van der Waals surface area contributed by atoms with Gasteiger partial charge in [0, 0.05) is 12.1 Å². The Morgan fingerprint density at radius 3 is 2.23 bits per heavy atom. The van der Waals surface area contributed by atoms with Crippen molar-refractivity contribution in [2.45, 2.75) is 49.8 Å². The van der Waals surface area contributed by atoms with E-state index in [0.717, 1.165) is 18.4 Å². The van der Waals surface area contributed by atoms with E-state index in [0.29, 0.717) is 12.1 Å². The maximum absolute atomic E-state index is 12.4. The number of esters is 1. The van der Waals surface area contributed by atoms with E-state index in [1.54, 1.807) is 0 Å². The van der Waals surface area contributed by atoms with E-state index < -0.39 is 11.9 Å². The maximum Gasteiger partial charge on any atom is 0.317 e. The standard InChI is InChI=1S/C17H23NO3.C2H5NO2/c1-18-13-7-8-14(18)10-15(9-13)21-17(20)16(11-19)12-5-3-2-4-6-12;3-1-2(4)5/h2-6,13-16,19H,7-11H2,1H3;1,3H2,(H,4,5)/t13-,14+,15+,16?;. The zero-order valence-electron chi connectivity index (χ0n) is 15.1. The van der Waals surface area contributed by atoms with Crippen molar-refractivity contribution < 1.29 is 24.5 Å². The number of aliphatic hydroxyl groups is 1. The highest BCUT2D eigenvalue weighted by molar-refractivity contribution is 5.78. The number of carbonyl (C=O) groups is 2. The molecule has 2 bridgehead atoms. The van der Waals surface area contributed by atoms with Crippen LogP contribution in [0.4, 0.5) is 0 Å². The molecule has 1 unspecified atom stereocenters. The summed E-state index contributed by atoms with van der Waals surface area (Å²) in [4.78, 5) is 24.0. The quantitative estimate of drug-likeness (QED) is 0.667. The Morgan fingerprint density at radius 1 is 1.23 bits per heavy atom. The first-order chi connectivity index (χ1) is 12.5. The van der Waals surface area contributed by atoms with Crippen LogP contribution in [-0.2, 0) is 14.3 Å². The van der Waals surface area contributed by atoms with Crippen LogP contribution in [-0.4, -0.2) is 65.4 Å². The van der Waals surface area contributed by atoms with Crippen molar-refractivity contribution in [3.63, 3.8) is 0 Å². The minimum Gasteiger partial charge on any atom is -0.480 e. The molecule has 3 rings (SSSR count). The molecule has 4 atom stereocenters. The molecule has 2 aliphatic heterocycles. The lowest BCUT2D eigenvalue weighted by Gasteiger charge is -2.36. The minimum absolute atomic E-state index is 0.00367. The fourth-order valence-electron chi connectivity index (χ4n) is 3.71. The first-order valence-corrected chi connectivity index (χ1v) is 8.96. The molecule has 0 radical (unpaired) electrons. The molecule has 0 amide bonds. The van der Waals surface area contributed by atoms with Crippen molar-refractivity contribution in [1.29, 1.82) is 0 Å². The SMILES string of the molecule is CN1[C@@H]2CC[C@H]1C[C@@H](OC(=O)C(CO)c1ccccc1)C2.NCC(=O)O. The summed E-state index contributed by atoms with van der Waals surface area (Å²) < 4.78 is 5.70. The van der Waals surface area contributed by atoms with E-state index in [-0.39, 0.29) is 25.2 Å². The lowest BCUT2D eigenvalue weighted by Crippen LogP contribution is -2.43. The normalized spacial score (nSPS) is 25.7. The average molecular weight is 364 g/mol. The molecule has 0 saturated carbocycles. The molecule has 26 heavy (non-hydrogen) atoms. The van der Waals surface area contributed by atoms with Crippen molar-refractivity contribution >= 4 is 11.9 Å². The molecule has 4 N–H and O–H groups in total. The number of benzene rings is 1. The zero-order valence-corrected chi connectivity index (χ0v) is 15.1. The Bertz CT molecular complexity index is 581. The van der Waals surface area contributed by atoms with Gasteiger partial charge in [-0.05, 0) is 38.3 Å². The van der Waals surface area contributed by atoms with Gasteiger partial charge in [-0.15, -0.1) is 0 Å². The number of carbonyl (C=O) groups excluding carboxylic acids is 1. The molecule has 2 fully saturated rings. The molecule has 1 aromatic rings. The number of hydrogen-bond donors (Lipinski definition) is 3. The van der Waals surface area contributed by atoms with Crippen LogP contribution in [0.2, 0.25) is 0 Å². The predicted octanol–water partition coefficient (Wildman–Crippen LogP) is 0.961. The molecule has 144 valence electrons. The summed E-state index contributed by atoms with van der Waals surface area (Å²) in [5, 5.41) is 17.1. The number of carboxylic acids is 1. The van der Waals surface area contributed by atoms with E-state index >= 15 is 0 Å². The van der Waals surface area contributed by atoms with Crippen molar-refractivity contribution in [2.24, 2.45) is 5.73 Å². The highest BCUT2D eigenvalue weighted by Gasteiger charge is 2.40. The van der Waals surface area contributed by atoms with E-state index in [1.165, 1.54) is 12.8 Å². The number of nitrogens with zero attached hydrogens (tertiary/aromatic N) is 1. The van der Waals surface area contributed by atoms with E-state index in [9.17, 15) is 14.7 Å². The second-order valence-corrected chi connectivity index (χ2v) is 6.82. The van der Waals surface area contributed by atoms with Gasteiger partial charge >= 0.3 is 11.9 Å². The highest BCUT2D eigenvalue weighted by atomic mass is 16.5. The van der Waals surface area contributed by atoms with E-state index in [2.05, 4.69) is 17.7 Å². The van der Waals surface area contributed by atoms with Gasteiger partial charge in [-0.25, -0.2) is 0 Å². The summed E-state index contributed by atoms with van der Waals surface area (Å²) in [5.41, 5.74) is 5.39. The third-order valence-corrected chi connectivity index (χ3v) is 5.18. The summed E-state index contributed by atoms with van der Waals surface area (Å²) in [6, 6.07) is 10.5. The summed E-state index contributed by atoms with van der Waals surface area (Å²) in [6.45, 7) is -0.484. The van der Waals surface area contributed by atoms with Gasteiger partial charge in [-0.3, -0.25) is 9.59 Å². The van der Waals surface area contributed by atoms with Crippen LogP contribution < -0.4 is 5.73 Å². The van der Waals surface area contributed by atoms with Crippen LogP contribution in [0.15, 0.2) is 30.3 Å². The number of aliphatic hydroxyl groups excluding tert-OH is 1. The third kappa shape index (κ3) is 5.27. The molecular weight excluding hydrogens is 336 g/mol. The predicted molar refractivity (Wildman–Crippen MR) is 96.6 cm³/mol. The van der Waals surface area contributed by atoms with Gasteiger partial charge in [0.25, 0.3) is 0 Å². The summed E-state index contributed by atoms with van der Waals surface area (Å²) in [5.74, 6) is -1.83. The summed E-state index contributed by atoms with van der Waals surface area (Å²) in [6.07, 6.45) is 4.26. The number of aliphatic carboxylic acids is 1. The van der Waals surface area contributed by atoms with Crippen LogP contribution in [0.1, 0.15) is 37.2 Å². The molecule has 7 heteroatoms. The van der Waals surface area contributed by atoms with Crippen LogP contribution in [0.3, 0.4) is 0 Å². The second kappa shape index (κ2) is 9.66. The molecule has 2 heterocycles. The Hall–Kier alpha value is -1.96. The Morgan fingerprint density at radius 2 is 1.77 bits per heavy atom. The van der Waals surface area contributed by atoms with Gasteiger partial charge in [-0.2, -0.15) is 0 Å². The number of carboxylic acid groups (broad SMARTS) is 1. The lowest BCUT2D eigenvalue weighted by molar-refractivity contribution is -0.155. The number of ether oxygens (including phenoxy) is 1. The largest absolute Gasteiger partial charge is 0.480 e. The number of nitrogens with two attached hydrogens (primary N) is 1. The fraction of sp³-hybridized carbons (Fsp3) is 0.579. The molecule has 7 nitrogen and oxygen atoms in total. The molecule has 2 saturated heterocycles. The third-order valence-electron chi connectivity index (χ3n) is 5.18. The van der Waals surface area contributed by atoms with Gasteiger partial charge in [0.2, 0.25) is 0 Å². The van der Waals surface area contributed by atoms with Gasteiger partial charge in [0.15, 0.2) is 0 Å². The number of rotatable bonds is 5. The van der Waals surface area contributed by atoms with E-state index in [1.807, 2.05) is 30.3 Å². The molecular formula is C19H28N2O5. The Balaban J connectivity index is 0.000000431. The fourth-order valence-corrected chi connectivity index (χ4v) is 3.71. The zero-order chi connectivity index (χ0) is 19.1. The Labute approximate surface area is 153 Å². The molecule has 0 aromatic heterocycles. The number of fused-ring (bicyclic) bond motifs is 2. The van der Waals surface area contributed by atoms with Crippen LogP contribution in [0.25, 0.3) is 0 Å². The van der Waals surface area contributed by atoms with Gasteiger partial charge in [0.1, 0.15) is 12.0 Å².